The molecule has 2 aromatic carbocycles. The van der Waals surface area contributed by atoms with Gasteiger partial charge in [0.25, 0.3) is 0 Å². The first kappa shape index (κ1) is 14.8. The van der Waals surface area contributed by atoms with E-state index in [0.29, 0.717) is 23.4 Å². The Morgan fingerprint density at radius 3 is 2.43 bits per heavy atom. The van der Waals surface area contributed by atoms with Crippen LogP contribution in [-0.2, 0) is 9.53 Å². The first-order valence-electron chi connectivity index (χ1n) is 6.80. The van der Waals surface area contributed by atoms with Crippen molar-refractivity contribution in [1.82, 2.24) is 0 Å². The molecular formula is C17H17NO3. The summed E-state index contributed by atoms with van der Waals surface area (Å²) in [6, 6.07) is 16.2. The average Bonchev–Trinajstić information content (AvgIpc) is 2.54. The molecule has 0 aromatic heterocycles. The number of esters is 1. The zero-order chi connectivity index (χ0) is 15.1. The summed E-state index contributed by atoms with van der Waals surface area (Å²) in [5.74, 6) is -0.368. The number of anilines is 1. The largest absolute Gasteiger partial charge is 0.465 e. The van der Waals surface area contributed by atoms with E-state index in [1.54, 1.807) is 43.3 Å². The van der Waals surface area contributed by atoms with Crippen LogP contribution in [-0.4, -0.2) is 24.9 Å². The lowest BCUT2D eigenvalue weighted by molar-refractivity contribution is -0.140. The predicted octanol–water partition coefficient (Wildman–Crippen LogP) is 2.89. The smallest absolute Gasteiger partial charge is 0.325 e. The molecule has 0 aliphatic rings. The quantitative estimate of drug-likeness (QED) is 0.654. The molecule has 4 heteroatoms. The Bertz CT molecular complexity index is 623. The molecule has 0 atom stereocenters. The highest BCUT2D eigenvalue weighted by atomic mass is 16.5. The summed E-state index contributed by atoms with van der Waals surface area (Å²) < 4.78 is 4.84. The Labute approximate surface area is 123 Å². The highest BCUT2D eigenvalue weighted by Gasteiger charge is 2.09. The van der Waals surface area contributed by atoms with Crippen LogP contribution >= 0.6 is 0 Å². The number of nitrogens with one attached hydrogen (secondary N) is 1. The number of benzene rings is 2. The van der Waals surface area contributed by atoms with Gasteiger partial charge in [0, 0.05) is 16.8 Å². The third-order valence-corrected chi connectivity index (χ3v) is 2.90. The van der Waals surface area contributed by atoms with Gasteiger partial charge in [-0.15, -0.1) is 0 Å². The van der Waals surface area contributed by atoms with Crippen molar-refractivity contribution in [3.05, 3.63) is 65.7 Å². The van der Waals surface area contributed by atoms with Gasteiger partial charge in [0.05, 0.1) is 6.61 Å². The lowest BCUT2D eigenvalue weighted by Gasteiger charge is -2.08. The Hall–Kier alpha value is -2.62. The molecule has 0 aliphatic heterocycles. The number of ketones is 1. The van der Waals surface area contributed by atoms with Crippen molar-refractivity contribution >= 4 is 17.4 Å². The van der Waals surface area contributed by atoms with E-state index >= 15 is 0 Å². The van der Waals surface area contributed by atoms with Crippen LogP contribution < -0.4 is 5.32 Å². The minimum atomic E-state index is -0.322. The minimum Gasteiger partial charge on any atom is -0.465 e. The van der Waals surface area contributed by atoms with E-state index in [0.717, 1.165) is 0 Å². The molecule has 0 fully saturated rings. The summed E-state index contributed by atoms with van der Waals surface area (Å²) in [6.45, 7) is 2.20. The maximum atomic E-state index is 12.3. The maximum absolute atomic E-state index is 12.3. The molecular weight excluding hydrogens is 266 g/mol. The third-order valence-electron chi connectivity index (χ3n) is 2.90. The molecule has 0 aliphatic carbocycles. The number of hydrogen-bond acceptors (Lipinski definition) is 4. The summed E-state index contributed by atoms with van der Waals surface area (Å²) in [6.07, 6.45) is 0. The van der Waals surface area contributed by atoms with Crippen LogP contribution in [0.3, 0.4) is 0 Å². The standard InChI is InChI=1S/C17H17NO3/c1-2-21-16(19)12-18-15-10-6-9-14(11-15)17(20)13-7-4-3-5-8-13/h3-11,18H,2,12H2,1H3. The van der Waals surface area contributed by atoms with E-state index in [1.807, 2.05) is 18.2 Å². The molecule has 0 radical (unpaired) electrons. The summed E-state index contributed by atoms with van der Waals surface area (Å²) >= 11 is 0. The molecule has 2 rings (SSSR count). The molecule has 0 unspecified atom stereocenters. The van der Waals surface area contributed by atoms with Gasteiger partial charge in [0.2, 0.25) is 0 Å². The summed E-state index contributed by atoms with van der Waals surface area (Å²) in [7, 11) is 0. The van der Waals surface area contributed by atoms with E-state index in [1.165, 1.54) is 0 Å². The van der Waals surface area contributed by atoms with Gasteiger partial charge in [0.1, 0.15) is 6.54 Å². The first-order chi connectivity index (χ1) is 10.2. The van der Waals surface area contributed by atoms with Gasteiger partial charge in [-0.05, 0) is 19.1 Å². The molecule has 0 heterocycles. The lowest BCUT2D eigenvalue weighted by Crippen LogP contribution is -2.16. The van der Waals surface area contributed by atoms with Crippen LogP contribution in [0.1, 0.15) is 22.8 Å². The number of carbonyl (C=O) groups is 2. The van der Waals surface area contributed by atoms with Gasteiger partial charge < -0.3 is 10.1 Å². The van der Waals surface area contributed by atoms with Gasteiger partial charge in [-0.1, -0.05) is 42.5 Å². The maximum Gasteiger partial charge on any atom is 0.325 e. The summed E-state index contributed by atoms with van der Waals surface area (Å²) in [5, 5.41) is 2.95. The highest BCUT2D eigenvalue weighted by Crippen LogP contribution is 2.14. The molecule has 0 amide bonds. The van der Waals surface area contributed by atoms with Crippen molar-refractivity contribution in [3.63, 3.8) is 0 Å². The van der Waals surface area contributed by atoms with Crippen LogP contribution in [0.4, 0.5) is 5.69 Å². The molecule has 1 N–H and O–H groups in total. The second kappa shape index (κ2) is 7.24. The van der Waals surface area contributed by atoms with Crippen LogP contribution in [0.25, 0.3) is 0 Å². The zero-order valence-electron chi connectivity index (χ0n) is 11.8. The van der Waals surface area contributed by atoms with Gasteiger partial charge in [-0.2, -0.15) is 0 Å². The second-order valence-electron chi connectivity index (χ2n) is 4.43. The zero-order valence-corrected chi connectivity index (χ0v) is 11.8. The molecule has 0 saturated carbocycles. The normalized spacial score (nSPS) is 9.95. The molecule has 21 heavy (non-hydrogen) atoms. The number of ether oxygens (including phenoxy) is 1. The minimum absolute atomic E-state index is 0.0459. The van der Waals surface area contributed by atoms with Crippen molar-refractivity contribution in [3.8, 4) is 0 Å². The van der Waals surface area contributed by atoms with Crippen LogP contribution in [0, 0.1) is 0 Å². The van der Waals surface area contributed by atoms with Crippen LogP contribution in [0.5, 0.6) is 0 Å². The molecule has 0 saturated heterocycles. The fraction of sp³-hybridized carbons (Fsp3) is 0.176. The Morgan fingerprint density at radius 2 is 1.71 bits per heavy atom. The first-order valence-corrected chi connectivity index (χ1v) is 6.80. The number of hydrogen-bond donors (Lipinski definition) is 1. The summed E-state index contributed by atoms with van der Waals surface area (Å²) in [4.78, 5) is 23.6. The Kier molecular flexibility index (Phi) is 5.10. The number of carbonyl (C=O) groups excluding carboxylic acids is 2. The van der Waals surface area contributed by atoms with Gasteiger partial charge in [-0.25, -0.2) is 0 Å². The number of rotatable bonds is 6. The Morgan fingerprint density at radius 1 is 1.00 bits per heavy atom. The van der Waals surface area contributed by atoms with Crippen LogP contribution in [0.15, 0.2) is 54.6 Å². The molecule has 108 valence electrons. The molecule has 2 aromatic rings. The van der Waals surface area contributed by atoms with E-state index < -0.39 is 0 Å². The predicted molar refractivity (Wildman–Crippen MR) is 81.4 cm³/mol. The Balaban J connectivity index is 2.07. The van der Waals surface area contributed by atoms with E-state index in [-0.39, 0.29) is 18.3 Å². The van der Waals surface area contributed by atoms with Gasteiger partial charge >= 0.3 is 5.97 Å². The van der Waals surface area contributed by atoms with Crippen molar-refractivity contribution in [1.29, 1.82) is 0 Å². The molecule has 0 spiro atoms. The second-order valence-corrected chi connectivity index (χ2v) is 4.43. The van der Waals surface area contributed by atoms with Crippen molar-refractivity contribution < 1.29 is 14.3 Å². The van der Waals surface area contributed by atoms with Crippen LogP contribution in [0.2, 0.25) is 0 Å². The van der Waals surface area contributed by atoms with Crippen molar-refractivity contribution in [2.45, 2.75) is 6.92 Å². The fourth-order valence-corrected chi connectivity index (χ4v) is 1.91. The topological polar surface area (TPSA) is 55.4 Å². The monoisotopic (exact) mass is 283 g/mol. The van der Waals surface area contributed by atoms with Crippen molar-refractivity contribution in [2.24, 2.45) is 0 Å². The lowest BCUT2D eigenvalue weighted by atomic mass is 10.0. The van der Waals surface area contributed by atoms with E-state index in [9.17, 15) is 9.59 Å². The molecule has 4 nitrogen and oxygen atoms in total. The van der Waals surface area contributed by atoms with Gasteiger partial charge in [-0.3, -0.25) is 9.59 Å². The highest BCUT2D eigenvalue weighted by molar-refractivity contribution is 6.09. The SMILES string of the molecule is CCOC(=O)CNc1cccc(C(=O)c2ccccc2)c1. The fourth-order valence-electron chi connectivity index (χ4n) is 1.91. The third kappa shape index (κ3) is 4.18. The van der Waals surface area contributed by atoms with Crippen molar-refractivity contribution in [2.75, 3.05) is 18.5 Å². The van der Waals surface area contributed by atoms with E-state index in [4.69, 9.17) is 4.74 Å². The van der Waals surface area contributed by atoms with Gasteiger partial charge in [0.15, 0.2) is 5.78 Å². The average molecular weight is 283 g/mol. The summed E-state index contributed by atoms with van der Waals surface area (Å²) in [5.41, 5.74) is 1.93. The van der Waals surface area contributed by atoms with E-state index in [2.05, 4.69) is 5.32 Å². The molecule has 0 bridgehead atoms.